The molecule has 1 heterocycles. The zero-order chi connectivity index (χ0) is 17.4. The Hall–Kier alpha value is -1.10. The van der Waals surface area contributed by atoms with E-state index in [-0.39, 0.29) is 11.8 Å². The van der Waals surface area contributed by atoms with Gasteiger partial charge in [-0.3, -0.25) is 14.5 Å². The Balaban J connectivity index is 1.75. The van der Waals surface area contributed by atoms with Crippen molar-refractivity contribution >= 4 is 11.8 Å². The normalized spacial score (nSPS) is 20.2. The van der Waals surface area contributed by atoms with Crippen molar-refractivity contribution in [2.75, 3.05) is 45.8 Å². The maximum Gasteiger partial charge on any atom is 0.236 e. The van der Waals surface area contributed by atoms with Gasteiger partial charge < -0.3 is 9.80 Å². The fourth-order valence-electron chi connectivity index (χ4n) is 3.93. The largest absolute Gasteiger partial charge is 0.342 e. The van der Waals surface area contributed by atoms with Gasteiger partial charge in [0.2, 0.25) is 11.8 Å². The van der Waals surface area contributed by atoms with Gasteiger partial charge in [-0.15, -0.1) is 0 Å². The Morgan fingerprint density at radius 1 is 0.917 bits per heavy atom. The van der Waals surface area contributed by atoms with E-state index in [1.54, 1.807) is 0 Å². The van der Waals surface area contributed by atoms with Crippen LogP contribution in [0.3, 0.4) is 0 Å². The van der Waals surface area contributed by atoms with Crippen LogP contribution in [0.2, 0.25) is 0 Å². The molecule has 1 saturated heterocycles. The van der Waals surface area contributed by atoms with Gasteiger partial charge in [0.15, 0.2) is 0 Å². The van der Waals surface area contributed by atoms with Gasteiger partial charge in [0.05, 0.1) is 6.54 Å². The summed E-state index contributed by atoms with van der Waals surface area (Å²) in [4.78, 5) is 31.3. The van der Waals surface area contributed by atoms with Crippen LogP contribution in [0.25, 0.3) is 0 Å². The first-order valence-corrected chi connectivity index (χ1v) is 9.94. The predicted molar refractivity (Wildman–Crippen MR) is 96.8 cm³/mol. The Labute approximate surface area is 147 Å². The molecule has 5 heteroatoms. The molecule has 2 rings (SSSR count). The average molecular weight is 338 g/mol. The van der Waals surface area contributed by atoms with E-state index in [1.165, 1.54) is 19.3 Å². The van der Waals surface area contributed by atoms with E-state index in [0.717, 1.165) is 65.0 Å². The van der Waals surface area contributed by atoms with Gasteiger partial charge >= 0.3 is 0 Å². The van der Waals surface area contributed by atoms with Crippen molar-refractivity contribution in [1.29, 1.82) is 0 Å². The van der Waals surface area contributed by atoms with Gasteiger partial charge in [-0.1, -0.05) is 33.1 Å². The molecule has 1 aliphatic carbocycles. The molecule has 1 aliphatic heterocycles. The highest BCUT2D eigenvalue weighted by molar-refractivity contribution is 5.79. The maximum absolute atomic E-state index is 12.6. The number of hydrogen-bond donors (Lipinski definition) is 0. The summed E-state index contributed by atoms with van der Waals surface area (Å²) in [6, 6.07) is 0. The molecule has 5 nitrogen and oxygen atoms in total. The van der Waals surface area contributed by atoms with Crippen molar-refractivity contribution in [3.63, 3.8) is 0 Å². The van der Waals surface area contributed by atoms with E-state index >= 15 is 0 Å². The third-order valence-corrected chi connectivity index (χ3v) is 5.34. The van der Waals surface area contributed by atoms with Crippen molar-refractivity contribution in [2.24, 2.45) is 5.92 Å². The van der Waals surface area contributed by atoms with Crippen molar-refractivity contribution in [3.05, 3.63) is 0 Å². The Morgan fingerprint density at radius 3 is 2.04 bits per heavy atom. The fourth-order valence-corrected chi connectivity index (χ4v) is 3.93. The lowest BCUT2D eigenvalue weighted by Crippen LogP contribution is -2.53. The number of piperazine rings is 1. The van der Waals surface area contributed by atoms with Crippen molar-refractivity contribution in [3.8, 4) is 0 Å². The van der Waals surface area contributed by atoms with E-state index in [2.05, 4.69) is 18.7 Å². The first-order valence-electron chi connectivity index (χ1n) is 9.94. The van der Waals surface area contributed by atoms with E-state index < -0.39 is 0 Å². The number of amides is 2. The van der Waals surface area contributed by atoms with Crippen LogP contribution in [0.1, 0.15) is 58.8 Å². The van der Waals surface area contributed by atoms with E-state index in [4.69, 9.17) is 0 Å². The molecule has 2 fully saturated rings. The van der Waals surface area contributed by atoms with Crippen LogP contribution >= 0.6 is 0 Å². The number of hydrogen-bond acceptors (Lipinski definition) is 3. The summed E-state index contributed by atoms with van der Waals surface area (Å²) in [6.07, 6.45) is 7.85. The molecule has 0 atom stereocenters. The quantitative estimate of drug-likeness (QED) is 0.716. The predicted octanol–water partition coefficient (Wildman–Crippen LogP) is 2.36. The van der Waals surface area contributed by atoms with Crippen LogP contribution in [-0.4, -0.2) is 72.3 Å². The minimum absolute atomic E-state index is 0.241. The van der Waals surface area contributed by atoms with Gasteiger partial charge in [-0.25, -0.2) is 0 Å². The van der Waals surface area contributed by atoms with Crippen LogP contribution in [0.5, 0.6) is 0 Å². The topological polar surface area (TPSA) is 43.9 Å². The van der Waals surface area contributed by atoms with Gasteiger partial charge in [0.25, 0.3) is 0 Å². The van der Waals surface area contributed by atoms with E-state index in [1.807, 2.05) is 9.80 Å². The number of carbonyl (C=O) groups is 2. The highest BCUT2D eigenvalue weighted by Gasteiger charge is 2.29. The molecule has 0 aromatic heterocycles. The molecule has 138 valence electrons. The monoisotopic (exact) mass is 337 g/mol. The highest BCUT2D eigenvalue weighted by Crippen LogP contribution is 2.25. The molecule has 0 spiro atoms. The second-order valence-electron chi connectivity index (χ2n) is 7.32. The molecule has 0 N–H and O–H groups in total. The minimum Gasteiger partial charge on any atom is -0.342 e. The summed E-state index contributed by atoms with van der Waals surface area (Å²) >= 11 is 0. The number of rotatable bonds is 7. The molecule has 2 aliphatic rings. The SMILES string of the molecule is CCCN(CCC)C(=O)CN1CCN(C(=O)C2CCCCC2)CC1. The second-order valence-corrected chi connectivity index (χ2v) is 7.32. The Kier molecular flexibility index (Phi) is 8.03. The van der Waals surface area contributed by atoms with Gasteiger partial charge in [-0.05, 0) is 25.7 Å². The van der Waals surface area contributed by atoms with Crippen LogP contribution in [0, 0.1) is 5.92 Å². The van der Waals surface area contributed by atoms with Crippen LogP contribution in [-0.2, 0) is 9.59 Å². The van der Waals surface area contributed by atoms with Gasteiger partial charge in [-0.2, -0.15) is 0 Å². The lowest BCUT2D eigenvalue weighted by atomic mass is 9.88. The molecule has 0 radical (unpaired) electrons. The van der Waals surface area contributed by atoms with Crippen molar-refractivity contribution < 1.29 is 9.59 Å². The molecule has 0 aromatic rings. The molecule has 0 aromatic carbocycles. The lowest BCUT2D eigenvalue weighted by molar-refractivity contribution is -0.139. The first-order chi connectivity index (χ1) is 11.7. The van der Waals surface area contributed by atoms with E-state index in [0.29, 0.717) is 12.5 Å². The maximum atomic E-state index is 12.6. The minimum atomic E-state index is 0.241. The van der Waals surface area contributed by atoms with Crippen LogP contribution < -0.4 is 0 Å². The summed E-state index contributed by atoms with van der Waals surface area (Å²) in [7, 11) is 0. The summed E-state index contributed by atoms with van der Waals surface area (Å²) in [5, 5.41) is 0. The molecule has 0 bridgehead atoms. The lowest BCUT2D eigenvalue weighted by Gasteiger charge is -2.37. The molecule has 0 unspecified atom stereocenters. The Morgan fingerprint density at radius 2 is 1.50 bits per heavy atom. The number of nitrogens with zero attached hydrogens (tertiary/aromatic N) is 3. The summed E-state index contributed by atoms with van der Waals surface area (Å²) in [5.41, 5.74) is 0. The molecule has 1 saturated carbocycles. The zero-order valence-corrected chi connectivity index (χ0v) is 15.6. The Bertz CT molecular complexity index is 393. The van der Waals surface area contributed by atoms with Crippen molar-refractivity contribution in [1.82, 2.24) is 14.7 Å². The molecule has 24 heavy (non-hydrogen) atoms. The third-order valence-electron chi connectivity index (χ3n) is 5.34. The average Bonchev–Trinajstić information content (AvgIpc) is 2.62. The van der Waals surface area contributed by atoms with Gasteiger partial charge in [0, 0.05) is 45.2 Å². The summed E-state index contributed by atoms with van der Waals surface area (Å²) in [5.74, 6) is 0.863. The summed E-state index contributed by atoms with van der Waals surface area (Å²) in [6.45, 7) is 9.67. The third kappa shape index (κ3) is 5.47. The highest BCUT2D eigenvalue weighted by atomic mass is 16.2. The first kappa shape index (κ1) is 19.2. The fraction of sp³-hybridized carbons (Fsp3) is 0.895. The van der Waals surface area contributed by atoms with Crippen LogP contribution in [0.4, 0.5) is 0 Å². The number of carbonyl (C=O) groups excluding carboxylic acids is 2. The molecule has 2 amide bonds. The summed E-state index contributed by atoms with van der Waals surface area (Å²) < 4.78 is 0. The molecular weight excluding hydrogens is 302 g/mol. The zero-order valence-electron chi connectivity index (χ0n) is 15.6. The second kappa shape index (κ2) is 10.0. The standard InChI is InChI=1S/C19H35N3O2/c1-3-10-21(11-4-2)18(23)16-20-12-14-22(15-13-20)19(24)17-8-6-5-7-9-17/h17H,3-16H2,1-2H3. The van der Waals surface area contributed by atoms with Crippen molar-refractivity contribution in [2.45, 2.75) is 58.8 Å². The van der Waals surface area contributed by atoms with E-state index in [9.17, 15) is 9.59 Å². The molecular formula is C19H35N3O2. The van der Waals surface area contributed by atoms with Crippen LogP contribution in [0.15, 0.2) is 0 Å². The smallest absolute Gasteiger partial charge is 0.236 e. The van der Waals surface area contributed by atoms with Gasteiger partial charge in [0.1, 0.15) is 0 Å².